The molecule has 4 rings (SSSR count). The molecular formula is C26H18Cl4. The number of hydrogen-bond acceptors (Lipinski definition) is 0. The Labute approximate surface area is 197 Å². The fourth-order valence-corrected chi connectivity index (χ4v) is 4.86. The normalized spacial score (nSPS) is 13.1. The lowest BCUT2D eigenvalue weighted by Crippen LogP contribution is -2.15. The molecule has 0 saturated carbocycles. The summed E-state index contributed by atoms with van der Waals surface area (Å²) in [7, 11) is 0. The molecule has 150 valence electrons. The van der Waals surface area contributed by atoms with Gasteiger partial charge in [-0.2, -0.15) is 0 Å². The second-order valence-corrected chi connectivity index (χ2v) is 8.80. The van der Waals surface area contributed by atoms with Crippen molar-refractivity contribution in [2.75, 3.05) is 0 Å². The summed E-state index contributed by atoms with van der Waals surface area (Å²) in [6.07, 6.45) is 0. The van der Waals surface area contributed by atoms with Gasteiger partial charge in [-0.1, -0.05) is 107 Å². The van der Waals surface area contributed by atoms with Crippen LogP contribution in [-0.4, -0.2) is 0 Å². The van der Waals surface area contributed by atoms with E-state index in [1.165, 1.54) is 0 Å². The van der Waals surface area contributed by atoms with Crippen molar-refractivity contribution < 1.29 is 0 Å². The van der Waals surface area contributed by atoms with Crippen molar-refractivity contribution in [1.29, 1.82) is 0 Å². The van der Waals surface area contributed by atoms with E-state index in [0.717, 1.165) is 22.3 Å². The maximum atomic E-state index is 6.71. The van der Waals surface area contributed by atoms with Gasteiger partial charge in [-0.25, -0.2) is 0 Å². The van der Waals surface area contributed by atoms with E-state index < -0.39 is 0 Å². The maximum absolute atomic E-state index is 6.71. The fourth-order valence-electron chi connectivity index (χ4n) is 3.96. The first kappa shape index (κ1) is 21.3. The molecule has 0 saturated heterocycles. The molecule has 0 spiro atoms. The molecule has 4 aromatic carbocycles. The van der Waals surface area contributed by atoms with Crippen molar-refractivity contribution >= 4 is 46.4 Å². The van der Waals surface area contributed by atoms with Gasteiger partial charge in [0.25, 0.3) is 0 Å². The lowest BCUT2D eigenvalue weighted by Gasteiger charge is -2.31. The van der Waals surface area contributed by atoms with Crippen molar-refractivity contribution in [3.8, 4) is 0 Å². The van der Waals surface area contributed by atoms with Crippen LogP contribution in [0.4, 0.5) is 0 Å². The Morgan fingerprint density at radius 1 is 0.433 bits per heavy atom. The van der Waals surface area contributed by atoms with Crippen LogP contribution in [0.5, 0.6) is 0 Å². The van der Waals surface area contributed by atoms with Gasteiger partial charge in [0, 0.05) is 31.9 Å². The Bertz CT molecular complexity index is 1080. The minimum atomic E-state index is -0.115. The van der Waals surface area contributed by atoms with Gasteiger partial charge in [0.15, 0.2) is 0 Å². The molecule has 0 aromatic heterocycles. The van der Waals surface area contributed by atoms with Crippen molar-refractivity contribution in [2.24, 2.45) is 0 Å². The standard InChI is InChI=1S/C26H18Cl4/c27-19-9-5-7-17(15-19)25(21-11-1-3-13-23(21)29)26(18-8-6-10-20(28)16-18)22-12-2-4-14-24(22)30/h1-16,25-26H/t25-,26+. The summed E-state index contributed by atoms with van der Waals surface area (Å²) in [5.41, 5.74) is 4.12. The molecule has 0 N–H and O–H groups in total. The maximum Gasteiger partial charge on any atom is 0.0444 e. The van der Waals surface area contributed by atoms with Gasteiger partial charge >= 0.3 is 0 Å². The molecule has 0 fully saturated rings. The molecule has 2 atom stereocenters. The predicted molar refractivity (Wildman–Crippen MR) is 129 cm³/mol. The zero-order chi connectivity index (χ0) is 21.1. The molecular weight excluding hydrogens is 454 g/mol. The summed E-state index contributed by atoms with van der Waals surface area (Å²) in [6, 6.07) is 31.6. The summed E-state index contributed by atoms with van der Waals surface area (Å²) in [6.45, 7) is 0. The summed E-state index contributed by atoms with van der Waals surface area (Å²) in [4.78, 5) is 0. The number of hydrogen-bond donors (Lipinski definition) is 0. The zero-order valence-electron chi connectivity index (χ0n) is 15.9. The number of rotatable bonds is 5. The van der Waals surface area contributed by atoms with Crippen LogP contribution in [0.3, 0.4) is 0 Å². The van der Waals surface area contributed by atoms with Crippen LogP contribution in [0, 0.1) is 0 Å². The highest BCUT2D eigenvalue weighted by Crippen LogP contribution is 2.47. The Morgan fingerprint density at radius 3 is 1.20 bits per heavy atom. The number of benzene rings is 4. The molecule has 4 heteroatoms. The van der Waals surface area contributed by atoms with Gasteiger partial charge in [0.05, 0.1) is 0 Å². The van der Waals surface area contributed by atoms with Crippen LogP contribution >= 0.6 is 46.4 Å². The first-order chi connectivity index (χ1) is 14.5. The largest absolute Gasteiger partial charge is 0.0843 e. The lowest BCUT2D eigenvalue weighted by atomic mass is 9.73. The van der Waals surface area contributed by atoms with E-state index in [1.807, 2.05) is 72.8 Å². The third-order valence-corrected chi connectivity index (χ3v) is 6.39. The van der Waals surface area contributed by atoms with Crippen LogP contribution in [0.25, 0.3) is 0 Å². The van der Waals surface area contributed by atoms with Crippen molar-refractivity contribution in [3.05, 3.63) is 139 Å². The second kappa shape index (κ2) is 9.45. The van der Waals surface area contributed by atoms with E-state index in [2.05, 4.69) is 24.3 Å². The Hall–Kier alpha value is -1.96. The van der Waals surface area contributed by atoms with Crippen LogP contribution in [0.2, 0.25) is 20.1 Å². The van der Waals surface area contributed by atoms with Gasteiger partial charge in [-0.15, -0.1) is 0 Å². The lowest BCUT2D eigenvalue weighted by molar-refractivity contribution is 0.694. The van der Waals surface area contributed by atoms with Gasteiger partial charge < -0.3 is 0 Å². The molecule has 0 unspecified atom stereocenters. The Kier molecular flexibility index (Phi) is 6.71. The highest BCUT2D eigenvalue weighted by atomic mass is 35.5. The first-order valence-corrected chi connectivity index (χ1v) is 11.1. The van der Waals surface area contributed by atoms with Gasteiger partial charge in [0.1, 0.15) is 0 Å². The molecule has 0 nitrogen and oxygen atoms in total. The third-order valence-electron chi connectivity index (χ3n) is 5.23. The van der Waals surface area contributed by atoms with Crippen LogP contribution in [0.15, 0.2) is 97.1 Å². The molecule has 0 aliphatic rings. The van der Waals surface area contributed by atoms with Gasteiger partial charge in [0.2, 0.25) is 0 Å². The van der Waals surface area contributed by atoms with Crippen molar-refractivity contribution in [2.45, 2.75) is 11.8 Å². The molecule has 0 aliphatic heterocycles. The molecule has 0 heterocycles. The number of halogens is 4. The first-order valence-electron chi connectivity index (χ1n) is 9.54. The molecule has 4 aromatic rings. The van der Waals surface area contributed by atoms with E-state index in [0.29, 0.717) is 20.1 Å². The highest BCUT2D eigenvalue weighted by Gasteiger charge is 2.31. The van der Waals surface area contributed by atoms with E-state index >= 15 is 0 Å². The molecule has 0 aliphatic carbocycles. The topological polar surface area (TPSA) is 0 Å². The van der Waals surface area contributed by atoms with E-state index in [1.54, 1.807) is 0 Å². The molecule has 0 bridgehead atoms. The summed E-state index contributed by atoms with van der Waals surface area (Å²) in [5.74, 6) is -0.230. The minimum absolute atomic E-state index is 0.115. The summed E-state index contributed by atoms with van der Waals surface area (Å²) < 4.78 is 0. The van der Waals surface area contributed by atoms with E-state index in [-0.39, 0.29) is 11.8 Å². The summed E-state index contributed by atoms with van der Waals surface area (Å²) in [5, 5.41) is 2.74. The smallest absolute Gasteiger partial charge is 0.0444 e. The fraction of sp³-hybridized carbons (Fsp3) is 0.0769. The zero-order valence-corrected chi connectivity index (χ0v) is 18.9. The SMILES string of the molecule is Clc1cccc([C@H](c2ccccc2Cl)[C@@H](c2cccc(Cl)c2)c2ccccc2Cl)c1. The highest BCUT2D eigenvalue weighted by molar-refractivity contribution is 6.32. The quantitative estimate of drug-likeness (QED) is 0.272. The second-order valence-electron chi connectivity index (χ2n) is 7.11. The monoisotopic (exact) mass is 470 g/mol. The van der Waals surface area contributed by atoms with Crippen LogP contribution < -0.4 is 0 Å². The predicted octanol–water partition coefficient (Wildman–Crippen LogP) is 9.26. The average Bonchev–Trinajstić information content (AvgIpc) is 2.73. The van der Waals surface area contributed by atoms with Crippen LogP contribution in [-0.2, 0) is 0 Å². The molecule has 0 amide bonds. The molecule has 0 radical (unpaired) electrons. The van der Waals surface area contributed by atoms with Gasteiger partial charge in [-0.3, -0.25) is 0 Å². The molecule has 30 heavy (non-hydrogen) atoms. The van der Waals surface area contributed by atoms with Crippen LogP contribution in [0.1, 0.15) is 34.1 Å². The van der Waals surface area contributed by atoms with Gasteiger partial charge in [-0.05, 0) is 58.7 Å². The van der Waals surface area contributed by atoms with E-state index in [4.69, 9.17) is 46.4 Å². The average molecular weight is 472 g/mol. The summed E-state index contributed by atoms with van der Waals surface area (Å²) >= 11 is 26.2. The van der Waals surface area contributed by atoms with Crippen molar-refractivity contribution in [3.63, 3.8) is 0 Å². The minimum Gasteiger partial charge on any atom is -0.0843 e. The van der Waals surface area contributed by atoms with E-state index in [9.17, 15) is 0 Å². The third kappa shape index (κ3) is 4.53. The Morgan fingerprint density at radius 2 is 0.833 bits per heavy atom. The Balaban J connectivity index is 2.03. The van der Waals surface area contributed by atoms with Crippen molar-refractivity contribution in [1.82, 2.24) is 0 Å².